The van der Waals surface area contributed by atoms with Crippen molar-refractivity contribution in [3.8, 4) is 0 Å². The van der Waals surface area contributed by atoms with Crippen LogP contribution in [-0.2, 0) is 32.7 Å². The Labute approximate surface area is 81.3 Å². The van der Waals surface area contributed by atoms with Gasteiger partial charge in [-0.1, -0.05) is 12.8 Å². The fraction of sp³-hybridized carbons (Fsp3) is 1.00. The van der Waals surface area contributed by atoms with E-state index in [1.165, 1.54) is 0 Å². The molecule has 1 N–H and O–H groups in total. The van der Waals surface area contributed by atoms with Crippen molar-refractivity contribution in [1.29, 1.82) is 0 Å². The molecule has 0 bridgehead atoms. The molecule has 0 amide bonds. The first-order valence-electron chi connectivity index (χ1n) is 3.17. The average Bonchev–Trinajstić information content (AvgIpc) is 1.90. The molecule has 1 fully saturated rings. The minimum Gasteiger partial charge on any atom is -0.662 e. The molecule has 0 saturated carbocycles. The summed E-state index contributed by atoms with van der Waals surface area (Å²) in [6.45, 7) is 2.28. The van der Waals surface area contributed by atoms with E-state index in [4.69, 9.17) is 5.11 Å². The van der Waals surface area contributed by atoms with Crippen LogP contribution in [0.3, 0.4) is 0 Å². The van der Waals surface area contributed by atoms with Crippen molar-refractivity contribution in [1.82, 2.24) is 0 Å². The molecule has 0 aromatic heterocycles. The van der Waals surface area contributed by atoms with Gasteiger partial charge in [0, 0.05) is 6.61 Å². The quantitative estimate of drug-likeness (QED) is 0.670. The first-order valence-corrected chi connectivity index (χ1v) is 3.17. The number of hydrogen-bond donors (Lipinski definition) is 1. The van der Waals surface area contributed by atoms with E-state index in [0.717, 1.165) is 25.9 Å². The molecule has 3 heteroatoms. The van der Waals surface area contributed by atoms with Gasteiger partial charge in [-0.15, -0.1) is 13.1 Å². The maximum Gasteiger partial charge on any atom is 3.00 e. The minimum atomic E-state index is 0. The largest absolute Gasteiger partial charge is 3.00 e. The Hall–Kier alpha value is 1.02. The van der Waals surface area contributed by atoms with Crippen LogP contribution in [-0.4, -0.2) is 24.8 Å². The van der Waals surface area contributed by atoms with E-state index < -0.39 is 0 Å². The van der Waals surface area contributed by atoms with Crippen LogP contribution in [0.5, 0.6) is 0 Å². The summed E-state index contributed by atoms with van der Waals surface area (Å²) in [7, 11) is 0. The van der Waals surface area contributed by atoms with Gasteiger partial charge in [0.05, 0.1) is 0 Å². The normalized spacial score (nSPS) is 21.0. The second-order valence-electron chi connectivity index (χ2n) is 2.30. The second-order valence-corrected chi connectivity index (χ2v) is 2.30. The predicted octanol–water partition coefficient (Wildman–Crippen LogP) is 0.760. The topological polar surface area (TPSA) is 34.3 Å². The number of aliphatic hydroxyl groups is 1. The van der Waals surface area contributed by atoms with Gasteiger partial charge in [-0.05, 0) is 5.92 Å². The third kappa shape index (κ3) is 3.66. The molecule has 0 radical (unpaired) electrons. The van der Waals surface area contributed by atoms with E-state index in [0.29, 0.717) is 12.5 Å². The first kappa shape index (κ1) is 10.0. The van der Waals surface area contributed by atoms with Crippen molar-refractivity contribution in [3.05, 3.63) is 5.32 Å². The second kappa shape index (κ2) is 5.78. The van der Waals surface area contributed by atoms with E-state index in [1.807, 2.05) is 0 Å². The van der Waals surface area contributed by atoms with Gasteiger partial charge in [0.1, 0.15) is 0 Å². The van der Waals surface area contributed by atoms with Crippen LogP contribution < -0.4 is 0 Å². The molecule has 0 aliphatic carbocycles. The van der Waals surface area contributed by atoms with Crippen molar-refractivity contribution < 1.29 is 37.8 Å². The zero-order chi connectivity index (χ0) is 5.82. The van der Waals surface area contributed by atoms with Gasteiger partial charge < -0.3 is 10.4 Å². The summed E-state index contributed by atoms with van der Waals surface area (Å²) in [5, 5.41) is 12.8. The number of nitrogens with zero attached hydrogens (tertiary/aromatic N) is 1. The smallest absolute Gasteiger partial charge is 0.662 e. The molecule has 1 heterocycles. The molecule has 0 atom stereocenters. The monoisotopic (exact) mass is 203 g/mol. The molecule has 9 heavy (non-hydrogen) atoms. The minimum absolute atomic E-state index is 0. The Morgan fingerprint density at radius 3 is 2.22 bits per heavy atom. The van der Waals surface area contributed by atoms with Crippen LogP contribution in [0.4, 0.5) is 0 Å². The molecule has 48 valence electrons. The van der Waals surface area contributed by atoms with Crippen LogP contribution in [0, 0.1) is 5.92 Å². The maximum absolute atomic E-state index is 8.65. The Kier molecular flexibility index (Phi) is 6.44. The Morgan fingerprint density at radius 2 is 1.89 bits per heavy atom. The molecular formula is C6H12NOY+2. The first-order chi connectivity index (χ1) is 3.93. The van der Waals surface area contributed by atoms with E-state index in [1.54, 1.807) is 0 Å². The zero-order valence-corrected chi connectivity index (χ0v) is 8.42. The Bertz CT molecular complexity index is 64.1. The van der Waals surface area contributed by atoms with Crippen LogP contribution in [0.25, 0.3) is 5.32 Å². The molecular weight excluding hydrogens is 191 g/mol. The van der Waals surface area contributed by atoms with E-state index in [9.17, 15) is 0 Å². The van der Waals surface area contributed by atoms with E-state index in [-0.39, 0.29) is 32.7 Å². The zero-order valence-electron chi connectivity index (χ0n) is 5.58. The summed E-state index contributed by atoms with van der Waals surface area (Å²) < 4.78 is 0. The van der Waals surface area contributed by atoms with E-state index in [2.05, 4.69) is 5.32 Å². The standard InChI is InChI=1S/C6H12NO.Y/c8-5-6-1-3-7-4-2-6;/h6,8H,1-5H2;/q-1;+3. The van der Waals surface area contributed by atoms with E-state index >= 15 is 0 Å². The summed E-state index contributed by atoms with van der Waals surface area (Å²) in [6.07, 6.45) is 2.19. The van der Waals surface area contributed by atoms with Crippen LogP contribution in [0.15, 0.2) is 0 Å². The fourth-order valence-corrected chi connectivity index (χ4v) is 0.986. The number of aliphatic hydroxyl groups excluding tert-OH is 1. The van der Waals surface area contributed by atoms with Gasteiger partial charge in [-0.2, -0.15) is 0 Å². The van der Waals surface area contributed by atoms with Crippen molar-refractivity contribution >= 4 is 0 Å². The van der Waals surface area contributed by atoms with Crippen LogP contribution in [0.1, 0.15) is 12.8 Å². The van der Waals surface area contributed by atoms with Gasteiger partial charge in [0.25, 0.3) is 0 Å². The fourth-order valence-electron chi connectivity index (χ4n) is 0.986. The van der Waals surface area contributed by atoms with Crippen LogP contribution in [0.2, 0.25) is 0 Å². The van der Waals surface area contributed by atoms with Gasteiger partial charge in [-0.3, -0.25) is 0 Å². The SMILES string of the molecule is OCC1CC[N-]CC1.[Y+3]. The average molecular weight is 203 g/mol. The molecule has 1 rings (SSSR count). The molecule has 1 saturated heterocycles. The summed E-state index contributed by atoms with van der Waals surface area (Å²) >= 11 is 0. The molecule has 1 aliphatic rings. The Balaban J connectivity index is 0.000000640. The van der Waals surface area contributed by atoms with Crippen molar-refractivity contribution in [3.63, 3.8) is 0 Å². The van der Waals surface area contributed by atoms with Gasteiger partial charge in [-0.25, -0.2) is 0 Å². The Morgan fingerprint density at radius 1 is 1.33 bits per heavy atom. The van der Waals surface area contributed by atoms with Crippen molar-refractivity contribution in [2.75, 3.05) is 19.7 Å². The summed E-state index contributed by atoms with van der Waals surface area (Å²) in [6, 6.07) is 0. The molecule has 1 aliphatic heterocycles. The third-order valence-corrected chi connectivity index (χ3v) is 1.65. The van der Waals surface area contributed by atoms with Crippen molar-refractivity contribution in [2.45, 2.75) is 12.8 Å². The van der Waals surface area contributed by atoms with Crippen molar-refractivity contribution in [2.24, 2.45) is 5.92 Å². The number of hydrogen-bond acceptors (Lipinski definition) is 1. The molecule has 2 nitrogen and oxygen atoms in total. The summed E-state index contributed by atoms with van der Waals surface area (Å²) in [5.41, 5.74) is 0. The molecule has 0 aromatic carbocycles. The number of rotatable bonds is 1. The maximum atomic E-state index is 8.65. The van der Waals surface area contributed by atoms with Gasteiger partial charge in [0.15, 0.2) is 0 Å². The van der Waals surface area contributed by atoms with Gasteiger partial charge >= 0.3 is 32.7 Å². The summed E-state index contributed by atoms with van der Waals surface area (Å²) in [5.74, 6) is 0.549. The van der Waals surface area contributed by atoms with Crippen LogP contribution >= 0.6 is 0 Å². The molecule has 0 unspecified atom stereocenters. The number of piperidine rings is 1. The van der Waals surface area contributed by atoms with Gasteiger partial charge in [0.2, 0.25) is 0 Å². The third-order valence-electron chi connectivity index (χ3n) is 1.65. The summed E-state index contributed by atoms with van der Waals surface area (Å²) in [4.78, 5) is 0. The molecule has 0 aromatic rings. The molecule has 0 spiro atoms. The predicted molar refractivity (Wildman–Crippen MR) is 32.9 cm³/mol.